The van der Waals surface area contributed by atoms with Crippen LogP contribution in [0.25, 0.3) is 54.4 Å². The van der Waals surface area contributed by atoms with Crippen molar-refractivity contribution in [3.05, 3.63) is 261 Å². The number of para-hydroxylation sites is 3. The summed E-state index contributed by atoms with van der Waals surface area (Å²) in [7, 11) is -17.0. The number of pyridine rings is 4. The van der Waals surface area contributed by atoms with E-state index < -0.39 is 50.1 Å². The number of hydrogen-bond acceptors (Lipinski definition) is 16. The third-order valence-corrected chi connectivity index (χ3v) is 22.7. The van der Waals surface area contributed by atoms with Crippen LogP contribution in [0.3, 0.4) is 0 Å². The van der Waals surface area contributed by atoms with Gasteiger partial charge in [-0.25, -0.2) is 42.1 Å². The number of carbonyl (C=O) groups excluding carboxylic acids is 1. The standard InChI is InChI=1S/C20H16N2O3S.C19H19N3O4S2.C17H15N3O3S.C15H12N2O2S/c1-25-19-11-10-18(20-17(19)7-4-12-21-20)22-26(23,24)16-9-8-14-5-2-3-6-15(14)13-16;23-27(24,21-18-7-3-5-15-6-4-12-20-19(15)18)16-8-10-17(11-9-16)28(25,26)22-13-1-2-14-22;1-12(21)19-14-7-9-15(10-8-14)24(22,23)20-16-6-2-4-13-5-3-11-18-17(13)16;18-20(19,13-8-2-1-3-9-13)17-14-10-4-6-12-7-5-11-16-15(12)14/h2-13,22H,1H3;3-12,21H,1-2,13-14H2;2-11,20H,1H3,(H,19,21);1-11,17H. The van der Waals surface area contributed by atoms with E-state index in [9.17, 15) is 46.9 Å². The zero-order valence-electron chi connectivity index (χ0n) is 52.3. The van der Waals surface area contributed by atoms with Crippen LogP contribution in [-0.2, 0) is 54.9 Å². The van der Waals surface area contributed by atoms with Crippen molar-refractivity contribution in [3.63, 3.8) is 0 Å². The fourth-order valence-corrected chi connectivity index (χ4v) is 16.3. The molecule has 498 valence electrons. The summed E-state index contributed by atoms with van der Waals surface area (Å²) in [5.41, 5.74) is 4.51. The number of amides is 1. The topological polar surface area (TPSA) is 312 Å². The number of benzene rings is 9. The van der Waals surface area contributed by atoms with Crippen LogP contribution in [0.5, 0.6) is 5.75 Å². The highest BCUT2D eigenvalue weighted by Crippen LogP contribution is 2.33. The SMILES string of the molecule is CC(=O)Nc1ccc(S(=O)(=O)Nc2cccc3cccnc23)cc1.COc1ccc(NS(=O)(=O)c2ccc3ccccc3c2)c2ncccc12.O=S(=O)(Nc1cccc2cccnc12)c1ccc(S(=O)(=O)N2CCCC2)cc1.O=S(=O)(Nc1cccc2cccnc12)c1ccccc1. The molecule has 1 aliphatic heterocycles. The quantitative estimate of drug-likeness (QED) is 0.0600. The second kappa shape index (κ2) is 29.6. The first-order chi connectivity index (χ1) is 47.1. The molecular weight excluding hydrogens is 1350 g/mol. The minimum Gasteiger partial charge on any atom is -0.496 e. The third kappa shape index (κ3) is 16.1. The second-order valence-electron chi connectivity index (χ2n) is 21.9. The Bertz CT molecular complexity index is 5670. The molecule has 4 aromatic heterocycles. The molecule has 0 unspecified atom stereocenters. The minimum atomic E-state index is -3.88. The number of ether oxygens (including phenoxy) is 1. The lowest BCUT2D eigenvalue weighted by atomic mass is 10.1. The van der Waals surface area contributed by atoms with Crippen LogP contribution in [0, 0.1) is 0 Å². The van der Waals surface area contributed by atoms with Gasteiger partial charge in [0.2, 0.25) is 15.9 Å². The molecule has 14 rings (SSSR count). The van der Waals surface area contributed by atoms with E-state index in [1.54, 1.807) is 147 Å². The summed E-state index contributed by atoms with van der Waals surface area (Å²) in [5.74, 6) is 0.423. The molecule has 9 aromatic carbocycles. The Morgan fingerprint density at radius 3 is 1.22 bits per heavy atom. The number of carbonyl (C=O) groups is 1. The predicted molar refractivity (Wildman–Crippen MR) is 382 cm³/mol. The number of methoxy groups -OCH3 is 1. The van der Waals surface area contributed by atoms with Crippen molar-refractivity contribution in [1.29, 1.82) is 0 Å². The Kier molecular flexibility index (Phi) is 20.7. The van der Waals surface area contributed by atoms with Crippen molar-refractivity contribution >= 4 is 139 Å². The fraction of sp³-hybridized carbons (Fsp3) is 0.0845. The maximum absolute atomic E-state index is 12.9. The van der Waals surface area contributed by atoms with Crippen LogP contribution < -0.4 is 28.9 Å². The number of anilines is 5. The number of nitrogens with zero attached hydrogens (tertiary/aromatic N) is 5. The Hall–Kier alpha value is -10.9. The summed E-state index contributed by atoms with van der Waals surface area (Å²) in [5, 5.41) is 7.75. The number of nitrogens with one attached hydrogen (secondary N) is 5. The Morgan fingerprint density at radius 1 is 0.367 bits per heavy atom. The average molecular weight is 1410 g/mol. The van der Waals surface area contributed by atoms with Crippen molar-refractivity contribution < 1.29 is 51.6 Å². The van der Waals surface area contributed by atoms with Gasteiger partial charge in [-0.15, -0.1) is 0 Å². The summed E-state index contributed by atoms with van der Waals surface area (Å²) in [6.07, 6.45) is 8.15. The number of aromatic nitrogens is 4. The maximum Gasteiger partial charge on any atom is 0.261 e. The smallest absolute Gasteiger partial charge is 0.261 e. The van der Waals surface area contributed by atoms with E-state index in [1.807, 2.05) is 72.8 Å². The largest absolute Gasteiger partial charge is 0.496 e. The van der Waals surface area contributed by atoms with Gasteiger partial charge in [0.05, 0.1) is 76.4 Å². The molecule has 98 heavy (non-hydrogen) atoms. The molecule has 1 aliphatic rings. The monoisotopic (exact) mass is 1410 g/mol. The Balaban J connectivity index is 0.000000133. The molecular formula is C71H62N10O12S5. The van der Waals surface area contributed by atoms with E-state index in [0.29, 0.717) is 69.3 Å². The molecule has 0 radical (unpaired) electrons. The molecule has 1 saturated heterocycles. The molecule has 27 heteroatoms. The molecule has 0 spiro atoms. The molecule has 0 atom stereocenters. The molecule has 0 aliphatic carbocycles. The van der Waals surface area contributed by atoms with Crippen molar-refractivity contribution in [1.82, 2.24) is 24.2 Å². The minimum absolute atomic E-state index is 0.0131. The Labute approximate surface area is 566 Å². The number of hydrogen-bond donors (Lipinski definition) is 5. The highest BCUT2D eigenvalue weighted by molar-refractivity contribution is 7.93. The Morgan fingerprint density at radius 2 is 0.745 bits per heavy atom. The summed E-state index contributed by atoms with van der Waals surface area (Å²) in [4.78, 5) is 28.6. The van der Waals surface area contributed by atoms with Gasteiger partial charge in [0, 0.05) is 72.0 Å². The lowest BCUT2D eigenvalue weighted by Gasteiger charge is -2.16. The first-order valence-electron chi connectivity index (χ1n) is 30.1. The summed E-state index contributed by atoms with van der Waals surface area (Å²) in [6.45, 7) is 2.38. The van der Waals surface area contributed by atoms with Gasteiger partial charge in [0.15, 0.2) is 0 Å². The lowest BCUT2D eigenvalue weighted by molar-refractivity contribution is -0.114. The molecule has 5 heterocycles. The number of rotatable bonds is 16. The van der Waals surface area contributed by atoms with Crippen molar-refractivity contribution in [2.45, 2.75) is 44.2 Å². The highest BCUT2D eigenvalue weighted by atomic mass is 32.2. The van der Waals surface area contributed by atoms with Crippen LogP contribution in [-0.4, -0.2) is 92.4 Å². The average Bonchev–Trinajstić information content (AvgIpc) is 0.924. The van der Waals surface area contributed by atoms with E-state index in [2.05, 4.69) is 44.1 Å². The number of sulfonamides is 5. The molecule has 22 nitrogen and oxygen atoms in total. The van der Waals surface area contributed by atoms with Gasteiger partial charge in [-0.1, -0.05) is 103 Å². The van der Waals surface area contributed by atoms with Crippen molar-refractivity contribution in [2.24, 2.45) is 0 Å². The second-order valence-corrected chi connectivity index (χ2v) is 30.6. The molecule has 1 fully saturated rings. The maximum atomic E-state index is 12.9. The highest BCUT2D eigenvalue weighted by Gasteiger charge is 2.28. The van der Waals surface area contributed by atoms with Gasteiger partial charge in [-0.3, -0.25) is 43.6 Å². The molecule has 13 aromatic rings. The van der Waals surface area contributed by atoms with Crippen molar-refractivity contribution in [3.8, 4) is 5.75 Å². The number of fused-ring (bicyclic) bond motifs is 5. The van der Waals surface area contributed by atoms with Gasteiger partial charge in [-0.05, 0) is 157 Å². The van der Waals surface area contributed by atoms with Crippen LogP contribution in [0.4, 0.5) is 28.4 Å². The van der Waals surface area contributed by atoms with Gasteiger partial charge >= 0.3 is 0 Å². The van der Waals surface area contributed by atoms with Gasteiger partial charge in [0.25, 0.3) is 40.1 Å². The van der Waals surface area contributed by atoms with Crippen LogP contribution in [0.2, 0.25) is 0 Å². The summed E-state index contributed by atoms with van der Waals surface area (Å²) in [6, 6.07) is 66.1. The van der Waals surface area contributed by atoms with E-state index in [-0.39, 0.29) is 30.4 Å². The van der Waals surface area contributed by atoms with Crippen LogP contribution in [0.15, 0.2) is 286 Å². The molecule has 0 bridgehead atoms. The lowest BCUT2D eigenvalue weighted by Crippen LogP contribution is -2.27. The first-order valence-corrected chi connectivity index (χ1v) is 37.5. The van der Waals surface area contributed by atoms with E-state index in [0.717, 1.165) is 45.2 Å². The van der Waals surface area contributed by atoms with Gasteiger partial charge in [0.1, 0.15) is 5.75 Å². The zero-order chi connectivity index (χ0) is 69.1. The molecule has 0 saturated carbocycles. The normalized spacial score (nSPS) is 12.6. The molecule has 1 amide bonds. The van der Waals surface area contributed by atoms with E-state index in [4.69, 9.17) is 4.74 Å². The van der Waals surface area contributed by atoms with Crippen LogP contribution >= 0.6 is 0 Å². The summed E-state index contributed by atoms with van der Waals surface area (Å²) < 4.78 is 143. The van der Waals surface area contributed by atoms with Gasteiger partial charge < -0.3 is 10.1 Å². The molecule has 5 N–H and O–H groups in total. The third-order valence-electron chi connectivity index (χ3n) is 15.2. The predicted octanol–water partition coefficient (Wildman–Crippen LogP) is 13.0. The summed E-state index contributed by atoms with van der Waals surface area (Å²) >= 11 is 0. The van der Waals surface area contributed by atoms with Crippen molar-refractivity contribution in [2.75, 3.05) is 44.4 Å². The van der Waals surface area contributed by atoms with E-state index in [1.165, 1.54) is 59.8 Å². The van der Waals surface area contributed by atoms with E-state index >= 15 is 0 Å². The fourth-order valence-electron chi connectivity index (χ4n) is 10.5. The van der Waals surface area contributed by atoms with Gasteiger partial charge in [-0.2, -0.15) is 4.31 Å². The zero-order valence-corrected chi connectivity index (χ0v) is 56.4. The van der Waals surface area contributed by atoms with Crippen LogP contribution in [0.1, 0.15) is 19.8 Å². The first kappa shape index (κ1) is 68.4.